The molecule has 1 unspecified atom stereocenters. The Bertz CT molecular complexity index is 381. The lowest BCUT2D eigenvalue weighted by Gasteiger charge is -2.39. The lowest BCUT2D eigenvalue weighted by Crippen LogP contribution is -2.47. The van der Waals surface area contributed by atoms with Gasteiger partial charge in [0.05, 0.1) is 0 Å². The van der Waals surface area contributed by atoms with E-state index >= 15 is 0 Å². The van der Waals surface area contributed by atoms with Crippen LogP contribution in [-0.2, 0) is 9.53 Å². The second kappa shape index (κ2) is 4.69. The van der Waals surface area contributed by atoms with E-state index in [-0.39, 0.29) is 23.8 Å². The average molecular weight is 269 g/mol. The fourth-order valence-corrected chi connectivity index (χ4v) is 2.94. The zero-order chi connectivity index (χ0) is 14.3. The van der Waals surface area contributed by atoms with Crippen LogP contribution in [0.1, 0.15) is 46.5 Å². The number of hydrogen-bond acceptors (Lipinski definition) is 3. The van der Waals surface area contributed by atoms with Crippen LogP contribution in [0.3, 0.4) is 0 Å². The van der Waals surface area contributed by atoms with E-state index in [0.717, 1.165) is 19.3 Å². The molecule has 1 amide bonds. The number of carbonyl (C=O) groups is 2. The Labute approximate surface area is 113 Å². The van der Waals surface area contributed by atoms with Crippen molar-refractivity contribution in [1.82, 2.24) is 4.90 Å². The van der Waals surface area contributed by atoms with Crippen molar-refractivity contribution >= 4 is 12.1 Å². The van der Waals surface area contributed by atoms with Gasteiger partial charge in [-0.25, -0.2) is 4.79 Å². The Morgan fingerprint density at radius 3 is 2.47 bits per heavy atom. The monoisotopic (exact) mass is 269 g/mol. The summed E-state index contributed by atoms with van der Waals surface area (Å²) in [5.41, 5.74) is -0.431. The van der Waals surface area contributed by atoms with Gasteiger partial charge in [-0.2, -0.15) is 0 Å². The first-order valence-electron chi connectivity index (χ1n) is 6.92. The number of carboxylic acids is 1. The van der Waals surface area contributed by atoms with Gasteiger partial charge in [0.1, 0.15) is 5.60 Å². The van der Waals surface area contributed by atoms with Crippen LogP contribution < -0.4 is 0 Å². The zero-order valence-corrected chi connectivity index (χ0v) is 11.9. The smallest absolute Gasteiger partial charge is 0.410 e. The molecule has 1 atom stereocenters. The summed E-state index contributed by atoms with van der Waals surface area (Å²) < 4.78 is 5.39. The van der Waals surface area contributed by atoms with Crippen molar-refractivity contribution in [2.45, 2.75) is 52.1 Å². The Morgan fingerprint density at radius 2 is 2.00 bits per heavy atom. The van der Waals surface area contributed by atoms with Crippen LogP contribution in [0.25, 0.3) is 0 Å². The maximum atomic E-state index is 12.0. The van der Waals surface area contributed by atoms with Gasteiger partial charge in [0.2, 0.25) is 0 Å². The predicted molar refractivity (Wildman–Crippen MR) is 69.8 cm³/mol. The molecule has 1 saturated heterocycles. The van der Waals surface area contributed by atoms with Gasteiger partial charge >= 0.3 is 12.1 Å². The quantitative estimate of drug-likeness (QED) is 0.836. The van der Waals surface area contributed by atoms with E-state index in [2.05, 4.69) is 0 Å². The number of amides is 1. The summed E-state index contributed by atoms with van der Waals surface area (Å²) >= 11 is 0. The van der Waals surface area contributed by atoms with Crippen molar-refractivity contribution in [3.8, 4) is 0 Å². The van der Waals surface area contributed by atoms with Crippen molar-refractivity contribution in [2.24, 2.45) is 11.3 Å². The highest BCUT2D eigenvalue weighted by Crippen LogP contribution is 2.56. The number of ether oxygens (including phenoxy) is 1. The lowest BCUT2D eigenvalue weighted by atomic mass is 9.80. The molecule has 2 rings (SSSR count). The number of hydrogen-bond donors (Lipinski definition) is 1. The van der Waals surface area contributed by atoms with Crippen LogP contribution in [0.2, 0.25) is 0 Å². The first-order valence-corrected chi connectivity index (χ1v) is 6.92. The molecule has 1 aliphatic carbocycles. The summed E-state index contributed by atoms with van der Waals surface area (Å²) in [6, 6.07) is 0. The van der Waals surface area contributed by atoms with E-state index in [0.29, 0.717) is 13.1 Å². The molecular weight excluding hydrogens is 246 g/mol. The minimum atomic E-state index is -0.734. The predicted octanol–water partition coefficient (Wildman–Crippen LogP) is 2.50. The number of carboxylic acid groups (broad SMARTS) is 1. The van der Waals surface area contributed by atoms with Gasteiger partial charge < -0.3 is 14.7 Å². The SMILES string of the molecule is CC(C)(C)OC(=O)N1CCC(CC(=O)O)C2(CC2)C1. The summed E-state index contributed by atoms with van der Waals surface area (Å²) in [4.78, 5) is 24.7. The minimum absolute atomic E-state index is 0.0492. The number of rotatable bonds is 2. The van der Waals surface area contributed by atoms with Crippen molar-refractivity contribution in [1.29, 1.82) is 0 Å². The third kappa shape index (κ3) is 3.39. The van der Waals surface area contributed by atoms with Gasteiger partial charge in [-0.1, -0.05) is 0 Å². The van der Waals surface area contributed by atoms with Crippen molar-refractivity contribution in [2.75, 3.05) is 13.1 Å². The Hall–Kier alpha value is -1.26. The van der Waals surface area contributed by atoms with Gasteiger partial charge in [-0.15, -0.1) is 0 Å². The molecule has 0 aromatic carbocycles. The molecule has 1 N–H and O–H groups in total. The van der Waals surface area contributed by atoms with Gasteiger partial charge in [0.15, 0.2) is 0 Å². The topological polar surface area (TPSA) is 66.8 Å². The zero-order valence-electron chi connectivity index (χ0n) is 11.9. The number of carbonyl (C=O) groups excluding carboxylic acids is 1. The lowest BCUT2D eigenvalue weighted by molar-refractivity contribution is -0.139. The van der Waals surface area contributed by atoms with E-state index in [9.17, 15) is 9.59 Å². The molecule has 1 spiro atoms. The van der Waals surface area contributed by atoms with E-state index in [1.165, 1.54) is 0 Å². The van der Waals surface area contributed by atoms with Gasteiger partial charge in [-0.3, -0.25) is 4.79 Å². The Kier molecular flexibility index (Phi) is 3.49. The molecule has 2 aliphatic rings. The summed E-state index contributed by atoms with van der Waals surface area (Å²) in [7, 11) is 0. The summed E-state index contributed by atoms with van der Waals surface area (Å²) in [5.74, 6) is -0.523. The van der Waals surface area contributed by atoms with Crippen LogP contribution in [-0.4, -0.2) is 40.8 Å². The fourth-order valence-electron chi connectivity index (χ4n) is 2.94. The molecule has 19 heavy (non-hydrogen) atoms. The fraction of sp³-hybridized carbons (Fsp3) is 0.857. The number of piperidine rings is 1. The molecule has 1 aliphatic heterocycles. The first-order chi connectivity index (χ1) is 8.72. The molecule has 2 fully saturated rings. The highest BCUT2D eigenvalue weighted by atomic mass is 16.6. The number of aliphatic carboxylic acids is 1. The normalized spacial score (nSPS) is 25.2. The van der Waals surface area contributed by atoms with Gasteiger partial charge in [-0.05, 0) is 51.4 Å². The highest BCUT2D eigenvalue weighted by molar-refractivity contribution is 5.69. The third-order valence-electron chi connectivity index (χ3n) is 4.08. The molecule has 0 aromatic heterocycles. The molecular formula is C14H23NO4. The van der Waals surface area contributed by atoms with Crippen LogP contribution >= 0.6 is 0 Å². The second-order valence-corrected chi connectivity index (χ2v) is 6.85. The largest absolute Gasteiger partial charge is 0.481 e. The van der Waals surface area contributed by atoms with Gasteiger partial charge in [0.25, 0.3) is 0 Å². The number of nitrogens with zero attached hydrogens (tertiary/aromatic N) is 1. The molecule has 1 heterocycles. The third-order valence-corrected chi connectivity index (χ3v) is 4.08. The maximum absolute atomic E-state index is 12.0. The summed E-state index contributed by atoms with van der Waals surface area (Å²) in [5, 5.41) is 8.95. The van der Waals surface area contributed by atoms with Crippen molar-refractivity contribution < 1.29 is 19.4 Å². The van der Waals surface area contributed by atoms with Crippen molar-refractivity contribution in [3.63, 3.8) is 0 Å². The van der Waals surface area contributed by atoms with E-state index < -0.39 is 11.6 Å². The van der Waals surface area contributed by atoms with Crippen LogP contribution in [0.15, 0.2) is 0 Å². The maximum Gasteiger partial charge on any atom is 0.410 e. The second-order valence-electron chi connectivity index (χ2n) is 6.85. The molecule has 0 radical (unpaired) electrons. The minimum Gasteiger partial charge on any atom is -0.481 e. The molecule has 0 bridgehead atoms. The molecule has 5 heteroatoms. The first kappa shape index (κ1) is 14.2. The van der Waals surface area contributed by atoms with Crippen molar-refractivity contribution in [3.05, 3.63) is 0 Å². The number of likely N-dealkylation sites (tertiary alicyclic amines) is 1. The standard InChI is InChI=1S/C14H23NO4/c1-13(2,3)19-12(18)15-7-4-10(8-11(16)17)14(9-15)5-6-14/h10H,4-9H2,1-3H3,(H,16,17). The highest BCUT2D eigenvalue weighted by Gasteiger charge is 2.53. The Morgan fingerprint density at radius 1 is 1.37 bits per heavy atom. The Balaban J connectivity index is 1.95. The van der Waals surface area contributed by atoms with E-state index in [4.69, 9.17) is 9.84 Å². The molecule has 0 aromatic rings. The summed E-state index contributed by atoms with van der Waals surface area (Å²) in [6.45, 7) is 6.83. The van der Waals surface area contributed by atoms with Crippen LogP contribution in [0.5, 0.6) is 0 Å². The summed E-state index contributed by atoms with van der Waals surface area (Å²) in [6.07, 6.45) is 2.79. The van der Waals surface area contributed by atoms with Crippen LogP contribution in [0, 0.1) is 11.3 Å². The average Bonchev–Trinajstić information content (AvgIpc) is 2.99. The van der Waals surface area contributed by atoms with E-state index in [1.54, 1.807) is 4.90 Å². The molecule has 1 saturated carbocycles. The van der Waals surface area contributed by atoms with E-state index in [1.807, 2.05) is 20.8 Å². The molecule has 5 nitrogen and oxygen atoms in total. The molecule has 108 valence electrons. The van der Waals surface area contributed by atoms with Crippen LogP contribution in [0.4, 0.5) is 4.79 Å². The van der Waals surface area contributed by atoms with Gasteiger partial charge in [0, 0.05) is 19.5 Å².